The van der Waals surface area contributed by atoms with Gasteiger partial charge in [0.05, 0.1) is 11.7 Å². The molecule has 0 amide bonds. The number of aryl methyl sites for hydroxylation is 1. The predicted molar refractivity (Wildman–Crippen MR) is 142 cm³/mol. The molecule has 2 aromatic carbocycles. The van der Waals surface area contributed by atoms with E-state index in [1.54, 1.807) is 6.07 Å². The van der Waals surface area contributed by atoms with Crippen molar-refractivity contribution in [2.45, 2.75) is 52.2 Å². The Morgan fingerprint density at radius 3 is 2.73 bits per heavy atom. The van der Waals surface area contributed by atoms with Crippen LogP contribution < -0.4 is 10.6 Å². The van der Waals surface area contributed by atoms with Crippen molar-refractivity contribution < 1.29 is 8.78 Å². The van der Waals surface area contributed by atoms with E-state index < -0.39 is 11.6 Å². The molecule has 4 heterocycles. The first-order valence-electron chi connectivity index (χ1n) is 12.7. The van der Waals surface area contributed by atoms with Gasteiger partial charge in [0.25, 0.3) is 0 Å². The van der Waals surface area contributed by atoms with E-state index in [1.165, 1.54) is 18.9 Å². The Hall–Kier alpha value is -3.85. The van der Waals surface area contributed by atoms with Gasteiger partial charge in [0.15, 0.2) is 11.6 Å². The molecule has 1 fully saturated rings. The molecule has 0 saturated carbocycles. The molecule has 3 aromatic heterocycles. The van der Waals surface area contributed by atoms with Gasteiger partial charge in [0.2, 0.25) is 5.95 Å². The van der Waals surface area contributed by atoms with Crippen molar-refractivity contribution in [2.75, 3.05) is 11.9 Å². The molecule has 1 saturated heterocycles. The molecule has 1 aliphatic heterocycles. The summed E-state index contributed by atoms with van der Waals surface area (Å²) in [4.78, 5) is 12.9. The molecule has 1 aliphatic rings. The van der Waals surface area contributed by atoms with Gasteiger partial charge in [-0.25, -0.2) is 23.7 Å². The molecule has 0 spiro atoms. The minimum absolute atomic E-state index is 0.0313. The van der Waals surface area contributed by atoms with E-state index in [9.17, 15) is 8.78 Å². The quantitative estimate of drug-likeness (QED) is 0.294. The number of aromatic nitrogens is 5. The van der Waals surface area contributed by atoms with Crippen LogP contribution in [0.5, 0.6) is 0 Å². The first-order valence-corrected chi connectivity index (χ1v) is 12.7. The van der Waals surface area contributed by atoms with Crippen LogP contribution in [0.15, 0.2) is 48.8 Å². The monoisotopic (exact) mass is 501 g/mol. The average molecular weight is 502 g/mol. The van der Waals surface area contributed by atoms with Gasteiger partial charge >= 0.3 is 0 Å². The van der Waals surface area contributed by atoms with Crippen molar-refractivity contribution >= 4 is 33.6 Å². The van der Waals surface area contributed by atoms with Crippen molar-refractivity contribution in [3.8, 4) is 11.3 Å². The van der Waals surface area contributed by atoms with Crippen LogP contribution in [0.25, 0.3) is 33.2 Å². The zero-order chi connectivity index (χ0) is 25.7. The molecular weight excluding hydrogens is 472 g/mol. The lowest BCUT2D eigenvalue weighted by molar-refractivity contribution is 0.519. The molecule has 9 heteroatoms. The summed E-state index contributed by atoms with van der Waals surface area (Å²) >= 11 is 0. The summed E-state index contributed by atoms with van der Waals surface area (Å²) in [5.74, 6) is -0.190. The SMILES string of the molecule is Cc1nc2c(F)cc(-c3nc(Nc4ccc5c(ccn5CC5CCCN5)c4)ncc3F)cc2n1C(C)C. The van der Waals surface area contributed by atoms with Crippen molar-refractivity contribution in [3.05, 3.63) is 66.3 Å². The minimum atomic E-state index is -0.621. The first-order chi connectivity index (χ1) is 17.9. The van der Waals surface area contributed by atoms with Gasteiger partial charge in [-0.05, 0) is 76.6 Å². The van der Waals surface area contributed by atoms with Crippen LogP contribution in [0, 0.1) is 18.6 Å². The molecule has 0 aliphatic carbocycles. The summed E-state index contributed by atoms with van der Waals surface area (Å²) in [5, 5.41) is 7.81. The number of hydrogen-bond acceptors (Lipinski definition) is 5. The van der Waals surface area contributed by atoms with Gasteiger partial charge in [-0.1, -0.05) is 0 Å². The lowest BCUT2D eigenvalue weighted by Gasteiger charge is -2.13. The molecule has 0 bridgehead atoms. The second-order valence-electron chi connectivity index (χ2n) is 10.00. The lowest BCUT2D eigenvalue weighted by Crippen LogP contribution is -2.26. The summed E-state index contributed by atoms with van der Waals surface area (Å²) < 4.78 is 34.0. The largest absolute Gasteiger partial charge is 0.346 e. The standard InChI is InChI=1S/C28H29F2N7/c1-16(2)37-17(3)33-27-22(29)12-19(13-25(27)37)26-23(30)14-32-28(35-26)34-20-6-7-24-18(11-20)8-10-36(24)15-21-5-4-9-31-21/h6-8,10-14,16,21,31H,4-5,9,15H2,1-3H3,(H,32,34,35). The van der Waals surface area contributed by atoms with Gasteiger partial charge < -0.3 is 19.8 Å². The maximum Gasteiger partial charge on any atom is 0.227 e. The molecule has 1 unspecified atom stereocenters. The van der Waals surface area contributed by atoms with E-state index in [-0.39, 0.29) is 23.2 Å². The Labute approximate surface area is 213 Å². The lowest BCUT2D eigenvalue weighted by atomic mass is 10.1. The number of benzene rings is 2. The fourth-order valence-electron chi connectivity index (χ4n) is 5.40. The third-order valence-electron chi connectivity index (χ3n) is 7.07. The Kier molecular flexibility index (Phi) is 5.87. The van der Waals surface area contributed by atoms with Gasteiger partial charge in [0, 0.05) is 47.0 Å². The third-order valence-corrected chi connectivity index (χ3v) is 7.07. The van der Waals surface area contributed by atoms with Gasteiger partial charge in [0.1, 0.15) is 17.0 Å². The highest BCUT2D eigenvalue weighted by molar-refractivity contribution is 5.85. The fraction of sp³-hybridized carbons (Fsp3) is 0.321. The van der Waals surface area contributed by atoms with Crippen molar-refractivity contribution in [1.29, 1.82) is 0 Å². The normalized spacial score (nSPS) is 15.9. The smallest absolute Gasteiger partial charge is 0.227 e. The van der Waals surface area contributed by atoms with Gasteiger partial charge in [-0.15, -0.1) is 0 Å². The van der Waals surface area contributed by atoms with E-state index in [2.05, 4.69) is 48.5 Å². The van der Waals surface area contributed by atoms with Crippen LogP contribution in [-0.4, -0.2) is 36.7 Å². The number of rotatable bonds is 6. The Morgan fingerprint density at radius 1 is 1.08 bits per heavy atom. The highest BCUT2D eigenvalue weighted by Gasteiger charge is 2.19. The maximum atomic E-state index is 15.0. The minimum Gasteiger partial charge on any atom is -0.346 e. The molecule has 1 atom stereocenters. The number of nitrogens with zero attached hydrogens (tertiary/aromatic N) is 5. The molecule has 5 aromatic rings. The Morgan fingerprint density at radius 2 is 1.95 bits per heavy atom. The zero-order valence-electron chi connectivity index (χ0n) is 21.1. The molecule has 0 radical (unpaired) electrons. The number of fused-ring (bicyclic) bond motifs is 2. The molecular formula is C28H29F2N7. The number of hydrogen-bond donors (Lipinski definition) is 2. The summed E-state index contributed by atoms with van der Waals surface area (Å²) in [6.07, 6.45) is 5.63. The summed E-state index contributed by atoms with van der Waals surface area (Å²) in [7, 11) is 0. The van der Waals surface area contributed by atoms with Crippen LogP contribution >= 0.6 is 0 Å². The van der Waals surface area contributed by atoms with E-state index in [4.69, 9.17) is 0 Å². The van der Waals surface area contributed by atoms with E-state index in [0.717, 1.165) is 35.9 Å². The van der Waals surface area contributed by atoms with Crippen molar-refractivity contribution in [1.82, 2.24) is 29.4 Å². The number of nitrogens with one attached hydrogen (secondary N) is 2. The number of anilines is 2. The van der Waals surface area contributed by atoms with Gasteiger partial charge in [-0.3, -0.25) is 0 Å². The first kappa shape index (κ1) is 23.5. The van der Waals surface area contributed by atoms with E-state index in [0.29, 0.717) is 22.9 Å². The molecule has 7 nitrogen and oxygen atoms in total. The van der Waals surface area contributed by atoms with Crippen molar-refractivity contribution in [3.63, 3.8) is 0 Å². The summed E-state index contributed by atoms with van der Waals surface area (Å²) in [5.41, 5.74) is 3.19. The molecule has 6 rings (SSSR count). The van der Waals surface area contributed by atoms with E-state index in [1.807, 2.05) is 37.5 Å². The van der Waals surface area contributed by atoms with Crippen LogP contribution in [0.4, 0.5) is 20.4 Å². The summed E-state index contributed by atoms with van der Waals surface area (Å²) in [6, 6.07) is 11.7. The van der Waals surface area contributed by atoms with Crippen molar-refractivity contribution in [2.24, 2.45) is 0 Å². The van der Waals surface area contributed by atoms with Gasteiger partial charge in [-0.2, -0.15) is 0 Å². The molecule has 37 heavy (non-hydrogen) atoms. The highest BCUT2D eigenvalue weighted by Crippen LogP contribution is 2.31. The fourth-order valence-corrected chi connectivity index (χ4v) is 5.40. The molecule has 2 N–H and O–H groups in total. The zero-order valence-corrected chi connectivity index (χ0v) is 21.1. The average Bonchev–Trinajstić information content (AvgIpc) is 3.59. The summed E-state index contributed by atoms with van der Waals surface area (Å²) in [6.45, 7) is 7.87. The van der Waals surface area contributed by atoms with E-state index >= 15 is 0 Å². The second-order valence-corrected chi connectivity index (χ2v) is 10.00. The second kappa shape index (κ2) is 9.23. The number of imidazole rings is 1. The number of halogens is 2. The predicted octanol–water partition coefficient (Wildman–Crippen LogP) is 6.11. The molecule has 190 valence electrons. The third kappa shape index (κ3) is 4.33. The van der Waals surface area contributed by atoms with Crippen LogP contribution in [0.1, 0.15) is 38.6 Å². The highest BCUT2D eigenvalue weighted by atomic mass is 19.1. The van der Waals surface area contributed by atoms with Crippen LogP contribution in [0.3, 0.4) is 0 Å². The maximum absolute atomic E-state index is 15.0. The topological polar surface area (TPSA) is 72.6 Å². The Balaban J connectivity index is 1.31. The van der Waals surface area contributed by atoms with Crippen LogP contribution in [0.2, 0.25) is 0 Å². The van der Waals surface area contributed by atoms with Crippen LogP contribution in [-0.2, 0) is 6.54 Å². The Bertz CT molecular complexity index is 1610.